The van der Waals surface area contributed by atoms with Crippen LogP contribution in [0.4, 0.5) is 0 Å². The van der Waals surface area contributed by atoms with Crippen molar-refractivity contribution in [2.75, 3.05) is 13.7 Å². The van der Waals surface area contributed by atoms with Crippen LogP contribution >= 0.6 is 11.3 Å². The Labute approximate surface area is 129 Å². The van der Waals surface area contributed by atoms with E-state index in [1.165, 1.54) is 24.0 Å². The quantitative estimate of drug-likeness (QED) is 0.807. The standard InChI is InChI=1S/C16H21NO3S/c1-20-15(18)10-12-6-2-3-8-17(12)16(19)14-9-11-5-4-7-13(11)21-14/h9,12H,2-8,10H2,1H3. The first-order chi connectivity index (χ1) is 10.2. The summed E-state index contributed by atoms with van der Waals surface area (Å²) in [5.74, 6) is -0.128. The third-order valence-electron chi connectivity index (χ3n) is 4.48. The number of piperidine rings is 1. The third kappa shape index (κ3) is 2.98. The lowest BCUT2D eigenvalue weighted by Crippen LogP contribution is -2.44. The van der Waals surface area contributed by atoms with Crippen LogP contribution in [0.1, 0.15) is 52.2 Å². The van der Waals surface area contributed by atoms with Crippen molar-refractivity contribution in [2.45, 2.75) is 51.0 Å². The van der Waals surface area contributed by atoms with Gasteiger partial charge in [-0.25, -0.2) is 0 Å². The summed E-state index contributed by atoms with van der Waals surface area (Å²) in [5, 5.41) is 0. The Morgan fingerprint density at radius 2 is 2.19 bits per heavy atom. The molecule has 2 heterocycles. The van der Waals surface area contributed by atoms with Crippen molar-refractivity contribution in [2.24, 2.45) is 0 Å². The fraction of sp³-hybridized carbons (Fsp3) is 0.625. The fourth-order valence-corrected chi connectivity index (χ4v) is 4.54. The molecule has 1 aliphatic heterocycles. The van der Waals surface area contributed by atoms with Gasteiger partial charge in [-0.15, -0.1) is 11.3 Å². The minimum absolute atomic E-state index is 0.00404. The van der Waals surface area contributed by atoms with Crippen LogP contribution < -0.4 is 0 Å². The van der Waals surface area contributed by atoms with Crippen molar-refractivity contribution in [1.29, 1.82) is 0 Å². The summed E-state index contributed by atoms with van der Waals surface area (Å²) < 4.78 is 4.76. The minimum atomic E-state index is -0.228. The second-order valence-corrected chi connectivity index (χ2v) is 6.98. The molecule has 0 bridgehead atoms. The summed E-state index contributed by atoms with van der Waals surface area (Å²) in [6, 6.07) is 2.06. The van der Waals surface area contributed by atoms with Gasteiger partial charge in [0.2, 0.25) is 0 Å². The summed E-state index contributed by atoms with van der Waals surface area (Å²) in [6.07, 6.45) is 6.73. The van der Waals surface area contributed by atoms with E-state index >= 15 is 0 Å². The van der Waals surface area contributed by atoms with Crippen LogP contribution in [-0.2, 0) is 22.4 Å². The molecule has 0 spiro atoms. The molecule has 2 aliphatic rings. The average molecular weight is 307 g/mol. The molecule has 0 aromatic carbocycles. The van der Waals surface area contributed by atoms with Gasteiger partial charge < -0.3 is 9.64 Å². The average Bonchev–Trinajstić information content (AvgIpc) is 3.08. The van der Waals surface area contributed by atoms with E-state index in [9.17, 15) is 9.59 Å². The molecule has 1 aromatic rings. The summed E-state index contributed by atoms with van der Waals surface area (Å²) in [4.78, 5) is 28.4. The van der Waals surface area contributed by atoms with Gasteiger partial charge in [-0.05, 0) is 50.2 Å². The maximum atomic E-state index is 12.8. The fourth-order valence-electron chi connectivity index (χ4n) is 3.33. The van der Waals surface area contributed by atoms with Gasteiger partial charge in [0.25, 0.3) is 5.91 Å². The highest BCUT2D eigenvalue weighted by molar-refractivity contribution is 7.14. The first-order valence-electron chi connectivity index (χ1n) is 7.68. The van der Waals surface area contributed by atoms with Crippen LogP contribution in [0.5, 0.6) is 0 Å². The Bertz CT molecular complexity index is 530. The molecule has 0 saturated carbocycles. The van der Waals surface area contributed by atoms with Crippen LogP contribution in [-0.4, -0.2) is 36.5 Å². The van der Waals surface area contributed by atoms with Gasteiger partial charge in [0.15, 0.2) is 0 Å². The number of thiophene rings is 1. The van der Waals surface area contributed by atoms with Crippen LogP contribution in [0.25, 0.3) is 0 Å². The summed E-state index contributed by atoms with van der Waals surface area (Å²) >= 11 is 1.64. The summed E-state index contributed by atoms with van der Waals surface area (Å²) in [5.41, 5.74) is 1.35. The van der Waals surface area contributed by atoms with E-state index in [0.29, 0.717) is 6.42 Å². The first kappa shape index (κ1) is 14.6. The zero-order valence-electron chi connectivity index (χ0n) is 12.4. The van der Waals surface area contributed by atoms with E-state index in [1.807, 2.05) is 4.90 Å². The third-order valence-corrected chi connectivity index (χ3v) is 5.70. The monoisotopic (exact) mass is 307 g/mol. The number of fused-ring (bicyclic) bond motifs is 1. The Kier molecular flexibility index (Phi) is 4.29. The van der Waals surface area contributed by atoms with Crippen LogP contribution in [0.3, 0.4) is 0 Å². The molecule has 1 aromatic heterocycles. The zero-order valence-corrected chi connectivity index (χ0v) is 13.2. The van der Waals surface area contributed by atoms with E-state index in [2.05, 4.69) is 6.07 Å². The SMILES string of the molecule is COC(=O)CC1CCCCN1C(=O)c1cc2c(s1)CCC2. The van der Waals surface area contributed by atoms with Crippen molar-refractivity contribution in [3.63, 3.8) is 0 Å². The molecule has 1 atom stereocenters. The molecular formula is C16H21NO3S. The maximum absolute atomic E-state index is 12.8. The lowest BCUT2D eigenvalue weighted by molar-refractivity contribution is -0.142. The molecule has 21 heavy (non-hydrogen) atoms. The van der Waals surface area contributed by atoms with Crippen molar-refractivity contribution < 1.29 is 14.3 Å². The van der Waals surface area contributed by atoms with Crippen LogP contribution in [0, 0.1) is 0 Å². The predicted octanol–water partition coefficient (Wildman–Crippen LogP) is 2.79. The van der Waals surface area contributed by atoms with E-state index < -0.39 is 0 Å². The molecule has 0 N–H and O–H groups in total. The minimum Gasteiger partial charge on any atom is -0.469 e. The Hall–Kier alpha value is -1.36. The van der Waals surface area contributed by atoms with Gasteiger partial charge >= 0.3 is 5.97 Å². The normalized spacial score (nSPS) is 21.2. The molecule has 1 amide bonds. The van der Waals surface area contributed by atoms with Gasteiger partial charge in [-0.1, -0.05) is 0 Å². The number of esters is 1. The zero-order chi connectivity index (χ0) is 14.8. The first-order valence-corrected chi connectivity index (χ1v) is 8.50. The summed E-state index contributed by atoms with van der Waals surface area (Å²) in [6.45, 7) is 0.753. The lowest BCUT2D eigenvalue weighted by atomic mass is 9.99. The van der Waals surface area contributed by atoms with Crippen LogP contribution in [0.2, 0.25) is 0 Å². The van der Waals surface area contributed by atoms with Gasteiger partial charge in [0.05, 0.1) is 18.4 Å². The lowest BCUT2D eigenvalue weighted by Gasteiger charge is -2.35. The van der Waals surface area contributed by atoms with Gasteiger partial charge in [0, 0.05) is 17.5 Å². The molecule has 114 valence electrons. The highest BCUT2D eigenvalue weighted by atomic mass is 32.1. The van der Waals surface area contributed by atoms with E-state index in [-0.39, 0.29) is 17.9 Å². The van der Waals surface area contributed by atoms with E-state index in [1.54, 1.807) is 11.3 Å². The Morgan fingerprint density at radius 1 is 1.33 bits per heavy atom. The predicted molar refractivity (Wildman–Crippen MR) is 81.7 cm³/mol. The van der Waals surface area contributed by atoms with E-state index in [4.69, 9.17) is 4.74 Å². The smallest absolute Gasteiger partial charge is 0.307 e. The van der Waals surface area contributed by atoms with Crippen molar-refractivity contribution in [3.05, 3.63) is 21.4 Å². The van der Waals surface area contributed by atoms with Crippen molar-refractivity contribution in [1.82, 2.24) is 4.90 Å². The molecule has 5 heteroatoms. The molecular weight excluding hydrogens is 286 g/mol. The molecule has 1 unspecified atom stereocenters. The van der Waals surface area contributed by atoms with Gasteiger partial charge in [-0.2, -0.15) is 0 Å². The Morgan fingerprint density at radius 3 is 2.95 bits per heavy atom. The molecule has 0 radical (unpaired) electrons. The Balaban J connectivity index is 1.75. The van der Waals surface area contributed by atoms with Gasteiger partial charge in [0.1, 0.15) is 0 Å². The number of carbonyl (C=O) groups excluding carboxylic acids is 2. The largest absolute Gasteiger partial charge is 0.469 e. The topological polar surface area (TPSA) is 46.6 Å². The van der Waals surface area contributed by atoms with Crippen molar-refractivity contribution in [3.8, 4) is 0 Å². The molecule has 1 aliphatic carbocycles. The molecule has 3 rings (SSSR count). The number of methoxy groups -OCH3 is 1. The number of carbonyl (C=O) groups is 2. The highest BCUT2D eigenvalue weighted by Gasteiger charge is 2.31. The number of likely N-dealkylation sites (tertiary alicyclic amines) is 1. The molecule has 4 nitrogen and oxygen atoms in total. The highest BCUT2D eigenvalue weighted by Crippen LogP contribution is 2.32. The number of hydrogen-bond acceptors (Lipinski definition) is 4. The molecule has 1 saturated heterocycles. The van der Waals surface area contributed by atoms with Gasteiger partial charge in [-0.3, -0.25) is 9.59 Å². The number of nitrogens with zero attached hydrogens (tertiary/aromatic N) is 1. The maximum Gasteiger partial charge on any atom is 0.307 e. The molecule has 1 fully saturated rings. The van der Waals surface area contributed by atoms with Crippen LogP contribution in [0.15, 0.2) is 6.07 Å². The van der Waals surface area contributed by atoms with Crippen molar-refractivity contribution >= 4 is 23.2 Å². The summed E-state index contributed by atoms with van der Waals surface area (Å²) in [7, 11) is 1.40. The second kappa shape index (κ2) is 6.18. The number of hydrogen-bond donors (Lipinski definition) is 0. The number of amides is 1. The van der Waals surface area contributed by atoms with E-state index in [0.717, 1.165) is 43.5 Å². The number of rotatable bonds is 3. The second-order valence-electron chi connectivity index (χ2n) is 5.84. The number of ether oxygens (including phenoxy) is 1. The number of aryl methyl sites for hydroxylation is 2.